The number of carbonyl (C=O) groups is 2. The van der Waals surface area contributed by atoms with Crippen LogP contribution in [0.5, 0.6) is 0 Å². The summed E-state index contributed by atoms with van der Waals surface area (Å²) in [7, 11) is 1.48. The van der Waals surface area contributed by atoms with E-state index >= 15 is 0 Å². The molecule has 156 valence electrons. The van der Waals surface area contributed by atoms with Crippen LogP contribution in [-0.4, -0.2) is 37.4 Å². The van der Waals surface area contributed by atoms with E-state index in [1.165, 1.54) is 12.6 Å². The number of carbonyl (C=O) groups excluding carboxylic acids is 2. The first kappa shape index (κ1) is 21.1. The van der Waals surface area contributed by atoms with E-state index < -0.39 is 6.09 Å². The van der Waals surface area contributed by atoms with Crippen LogP contribution in [0.2, 0.25) is 0 Å². The number of unbranched alkanes of at least 4 members (excludes halogenated alkanes) is 1. The Hall–Kier alpha value is -3.61. The number of benzene rings is 2. The Bertz CT molecular complexity index is 952. The number of ether oxygens (including phenoxy) is 1. The highest BCUT2D eigenvalue weighted by Crippen LogP contribution is 2.25. The molecular weight excluding hydrogens is 382 g/mol. The number of rotatable bonds is 9. The number of aryl methyl sites for hydroxylation is 1. The third kappa shape index (κ3) is 6.20. The zero-order valence-corrected chi connectivity index (χ0v) is 16.9. The Morgan fingerprint density at radius 2 is 1.67 bits per heavy atom. The van der Waals surface area contributed by atoms with E-state index in [0.717, 1.165) is 41.8 Å². The van der Waals surface area contributed by atoms with Crippen LogP contribution in [0.25, 0.3) is 22.4 Å². The molecule has 7 heteroatoms. The highest BCUT2D eigenvalue weighted by molar-refractivity contribution is 5.79. The molecule has 3 rings (SSSR count). The number of aromatic nitrogens is 1. The molecule has 2 aromatic carbocycles. The van der Waals surface area contributed by atoms with Gasteiger partial charge in [-0.05, 0) is 24.0 Å². The number of nitrogens with one attached hydrogen (secondary N) is 2. The second-order valence-electron chi connectivity index (χ2n) is 6.76. The van der Waals surface area contributed by atoms with Crippen LogP contribution in [0.3, 0.4) is 0 Å². The minimum Gasteiger partial charge on any atom is -0.439 e. The minimum absolute atomic E-state index is 0.282. The van der Waals surface area contributed by atoms with Gasteiger partial charge in [-0.1, -0.05) is 59.8 Å². The topological polar surface area (TPSA) is 93.5 Å². The number of likely N-dealkylation sites (N-methyl/N-ethyl adjacent to an activating group) is 1. The van der Waals surface area contributed by atoms with Crippen molar-refractivity contribution in [1.82, 2.24) is 15.8 Å². The average molecular weight is 407 g/mol. The lowest BCUT2D eigenvalue weighted by Gasteiger charge is -2.05. The minimum atomic E-state index is -0.598. The maximum atomic E-state index is 11.4. The summed E-state index contributed by atoms with van der Waals surface area (Å²) in [6, 6.07) is 20.4. The zero-order valence-electron chi connectivity index (χ0n) is 16.9. The van der Waals surface area contributed by atoms with Crippen LogP contribution >= 0.6 is 0 Å². The molecule has 0 fully saturated rings. The highest BCUT2D eigenvalue weighted by Gasteiger charge is 2.08. The van der Waals surface area contributed by atoms with Crippen molar-refractivity contribution in [2.75, 3.05) is 20.2 Å². The molecule has 0 saturated heterocycles. The molecule has 0 aliphatic rings. The van der Waals surface area contributed by atoms with E-state index in [0.29, 0.717) is 6.54 Å². The summed E-state index contributed by atoms with van der Waals surface area (Å²) < 4.78 is 10.2. The molecule has 0 aliphatic heterocycles. The van der Waals surface area contributed by atoms with Crippen molar-refractivity contribution in [3.05, 3.63) is 66.4 Å². The summed E-state index contributed by atoms with van der Waals surface area (Å²) in [4.78, 5) is 22.4. The molecule has 0 spiro atoms. The van der Waals surface area contributed by atoms with E-state index in [9.17, 15) is 9.59 Å². The quantitative estimate of drug-likeness (QED) is 0.526. The van der Waals surface area contributed by atoms with Gasteiger partial charge in [0.15, 0.2) is 6.61 Å². The molecule has 3 aromatic rings. The zero-order chi connectivity index (χ0) is 21.2. The maximum Gasteiger partial charge on any atom is 0.407 e. The number of amides is 2. The van der Waals surface area contributed by atoms with Gasteiger partial charge in [-0.3, -0.25) is 4.79 Å². The van der Waals surface area contributed by atoms with Crippen LogP contribution in [-0.2, 0) is 16.0 Å². The highest BCUT2D eigenvalue weighted by atomic mass is 16.6. The Kier molecular flexibility index (Phi) is 7.60. The summed E-state index contributed by atoms with van der Waals surface area (Å²) in [6.07, 6.45) is 1.72. The SMILES string of the molecule is CNC(=O)COC(=O)NCCCCc1cc(-c2ccc(-c3ccccc3)cc2)no1. The first-order chi connectivity index (χ1) is 14.7. The molecule has 0 aliphatic carbocycles. The third-order valence-electron chi connectivity index (χ3n) is 4.58. The molecule has 2 amide bonds. The molecule has 0 radical (unpaired) electrons. The van der Waals surface area contributed by atoms with Gasteiger partial charge >= 0.3 is 6.09 Å². The molecule has 0 bridgehead atoms. The van der Waals surface area contributed by atoms with Crippen LogP contribution in [0, 0.1) is 0 Å². The van der Waals surface area contributed by atoms with Gasteiger partial charge in [-0.2, -0.15) is 0 Å². The van der Waals surface area contributed by atoms with Crippen molar-refractivity contribution in [1.29, 1.82) is 0 Å². The van der Waals surface area contributed by atoms with E-state index in [1.807, 2.05) is 36.4 Å². The molecule has 1 heterocycles. The van der Waals surface area contributed by atoms with E-state index in [-0.39, 0.29) is 12.5 Å². The fourth-order valence-electron chi connectivity index (χ4n) is 2.90. The van der Waals surface area contributed by atoms with E-state index in [4.69, 9.17) is 9.26 Å². The normalized spacial score (nSPS) is 10.4. The summed E-state index contributed by atoms with van der Waals surface area (Å²) in [6.45, 7) is 0.185. The summed E-state index contributed by atoms with van der Waals surface area (Å²) in [5.74, 6) is 0.459. The van der Waals surface area contributed by atoms with Gasteiger partial charge in [-0.15, -0.1) is 0 Å². The Morgan fingerprint density at radius 3 is 2.40 bits per heavy atom. The van der Waals surface area contributed by atoms with Crippen molar-refractivity contribution in [2.24, 2.45) is 0 Å². The van der Waals surface area contributed by atoms with E-state index in [2.05, 4.69) is 40.1 Å². The maximum absolute atomic E-state index is 11.4. The molecule has 30 heavy (non-hydrogen) atoms. The van der Waals surface area contributed by atoms with Crippen molar-refractivity contribution in [3.63, 3.8) is 0 Å². The van der Waals surface area contributed by atoms with Gasteiger partial charge in [0.1, 0.15) is 11.5 Å². The Labute approximate surface area is 175 Å². The molecule has 0 saturated carbocycles. The van der Waals surface area contributed by atoms with Gasteiger partial charge in [0.05, 0.1) is 0 Å². The lowest BCUT2D eigenvalue weighted by atomic mass is 10.0. The van der Waals surface area contributed by atoms with Gasteiger partial charge in [-0.25, -0.2) is 4.79 Å². The first-order valence-corrected chi connectivity index (χ1v) is 9.88. The molecule has 1 aromatic heterocycles. The molecule has 0 atom stereocenters. The van der Waals surface area contributed by atoms with E-state index in [1.54, 1.807) is 0 Å². The molecule has 2 N–H and O–H groups in total. The average Bonchev–Trinajstić information content (AvgIpc) is 3.27. The van der Waals surface area contributed by atoms with Crippen molar-refractivity contribution in [2.45, 2.75) is 19.3 Å². The number of hydrogen-bond acceptors (Lipinski definition) is 5. The smallest absolute Gasteiger partial charge is 0.407 e. The predicted molar refractivity (Wildman–Crippen MR) is 114 cm³/mol. The second kappa shape index (κ2) is 10.8. The molecular formula is C23H25N3O4. The van der Waals surface area contributed by atoms with Crippen LogP contribution in [0.4, 0.5) is 4.79 Å². The standard InChI is InChI=1S/C23H25N3O4/c1-24-22(27)16-29-23(28)25-14-6-5-9-20-15-21(26-30-20)19-12-10-18(11-13-19)17-7-3-2-4-8-17/h2-4,7-8,10-13,15H,5-6,9,14,16H2,1H3,(H,24,27)(H,25,28). The second-order valence-corrected chi connectivity index (χ2v) is 6.76. The monoisotopic (exact) mass is 407 g/mol. The number of hydrogen-bond donors (Lipinski definition) is 2. The molecule has 0 unspecified atom stereocenters. The Morgan fingerprint density at radius 1 is 0.967 bits per heavy atom. The van der Waals surface area contributed by atoms with Gasteiger partial charge in [0, 0.05) is 31.6 Å². The summed E-state index contributed by atoms with van der Waals surface area (Å²) in [5.41, 5.74) is 4.14. The summed E-state index contributed by atoms with van der Waals surface area (Å²) in [5, 5.41) is 9.15. The van der Waals surface area contributed by atoms with Gasteiger partial charge in [0.25, 0.3) is 5.91 Å². The van der Waals surface area contributed by atoms with Crippen LogP contribution < -0.4 is 10.6 Å². The van der Waals surface area contributed by atoms with Crippen LogP contribution in [0.1, 0.15) is 18.6 Å². The van der Waals surface area contributed by atoms with Crippen LogP contribution in [0.15, 0.2) is 65.2 Å². The Balaban J connectivity index is 1.41. The number of alkyl carbamates (subject to hydrolysis) is 1. The first-order valence-electron chi connectivity index (χ1n) is 9.88. The van der Waals surface area contributed by atoms with Gasteiger partial charge < -0.3 is 19.9 Å². The fraction of sp³-hybridized carbons (Fsp3) is 0.261. The predicted octanol–water partition coefficient (Wildman–Crippen LogP) is 3.80. The lowest BCUT2D eigenvalue weighted by Crippen LogP contribution is -2.31. The van der Waals surface area contributed by atoms with Crippen molar-refractivity contribution >= 4 is 12.0 Å². The van der Waals surface area contributed by atoms with Crippen molar-refractivity contribution < 1.29 is 18.8 Å². The number of nitrogens with zero attached hydrogens (tertiary/aromatic N) is 1. The van der Waals surface area contributed by atoms with Crippen molar-refractivity contribution in [3.8, 4) is 22.4 Å². The lowest BCUT2D eigenvalue weighted by molar-refractivity contribution is -0.123. The fourth-order valence-corrected chi connectivity index (χ4v) is 2.90. The molecule has 7 nitrogen and oxygen atoms in total. The van der Waals surface area contributed by atoms with Gasteiger partial charge in [0.2, 0.25) is 0 Å². The third-order valence-corrected chi connectivity index (χ3v) is 4.58. The summed E-state index contributed by atoms with van der Waals surface area (Å²) >= 11 is 0. The largest absolute Gasteiger partial charge is 0.439 e.